The van der Waals surface area contributed by atoms with Gasteiger partial charge in [0.25, 0.3) is 5.91 Å². The third-order valence-electron chi connectivity index (χ3n) is 7.39. The summed E-state index contributed by atoms with van der Waals surface area (Å²) in [4.78, 5) is 56.4. The van der Waals surface area contributed by atoms with Crippen LogP contribution in [0.15, 0.2) is 54.6 Å². The lowest BCUT2D eigenvalue weighted by atomic mass is 9.99. The van der Waals surface area contributed by atoms with Gasteiger partial charge < -0.3 is 20.9 Å². The molecule has 0 spiro atoms. The van der Waals surface area contributed by atoms with Crippen molar-refractivity contribution in [3.63, 3.8) is 0 Å². The first-order chi connectivity index (χ1) is 17.7. The van der Waals surface area contributed by atoms with Crippen molar-refractivity contribution in [1.29, 1.82) is 0 Å². The van der Waals surface area contributed by atoms with E-state index in [0.717, 1.165) is 11.1 Å². The van der Waals surface area contributed by atoms with Gasteiger partial charge in [0, 0.05) is 18.7 Å². The number of carbonyl (C=O) groups is 4. The van der Waals surface area contributed by atoms with E-state index >= 15 is 0 Å². The summed E-state index contributed by atoms with van der Waals surface area (Å²) in [6.07, 6.45) is 0.979. The van der Waals surface area contributed by atoms with Crippen LogP contribution in [0.2, 0.25) is 0 Å². The molecule has 0 bridgehead atoms. The fourth-order valence-electron chi connectivity index (χ4n) is 5.47. The highest BCUT2D eigenvalue weighted by atomic mass is 16.2. The molecule has 8 nitrogen and oxygen atoms in total. The number of fused-ring (bicyclic) bond motifs is 1. The zero-order valence-electron chi connectivity index (χ0n) is 21.7. The lowest BCUT2D eigenvalue weighted by Gasteiger charge is -2.29. The van der Waals surface area contributed by atoms with E-state index in [0.29, 0.717) is 31.5 Å². The summed E-state index contributed by atoms with van der Waals surface area (Å²) in [5, 5.41) is 2.90. The Morgan fingerprint density at radius 2 is 1.73 bits per heavy atom. The summed E-state index contributed by atoms with van der Waals surface area (Å²) in [6.45, 7) is 6.51. The topological polar surface area (TPSA) is 113 Å². The van der Waals surface area contributed by atoms with Crippen LogP contribution in [0.4, 0.5) is 0 Å². The Balaban J connectivity index is 1.50. The fourth-order valence-corrected chi connectivity index (χ4v) is 5.47. The van der Waals surface area contributed by atoms with Crippen molar-refractivity contribution in [2.45, 2.75) is 64.2 Å². The predicted octanol–water partition coefficient (Wildman–Crippen LogP) is 2.47. The van der Waals surface area contributed by atoms with Gasteiger partial charge in [-0.15, -0.1) is 0 Å². The summed E-state index contributed by atoms with van der Waals surface area (Å²) >= 11 is 0. The lowest BCUT2D eigenvalue weighted by Crippen LogP contribution is -2.53. The third-order valence-corrected chi connectivity index (χ3v) is 7.39. The summed E-state index contributed by atoms with van der Waals surface area (Å²) < 4.78 is 0. The average Bonchev–Trinajstić information content (AvgIpc) is 3.48. The van der Waals surface area contributed by atoms with Crippen molar-refractivity contribution in [2.24, 2.45) is 11.7 Å². The van der Waals surface area contributed by atoms with E-state index in [1.54, 1.807) is 28.0 Å². The first kappa shape index (κ1) is 26.5. The number of benzene rings is 2. The number of ketones is 1. The molecule has 0 aliphatic carbocycles. The summed E-state index contributed by atoms with van der Waals surface area (Å²) in [5.74, 6) is -1.09. The number of Topliss-reactive ketones (excluding diaryl/α,β-unsaturated/α-hetero) is 1. The smallest absolute Gasteiger partial charge is 0.251 e. The van der Waals surface area contributed by atoms with Crippen LogP contribution in [-0.4, -0.2) is 64.5 Å². The van der Waals surface area contributed by atoms with Crippen molar-refractivity contribution in [3.8, 4) is 0 Å². The molecule has 0 aromatic heterocycles. The molecule has 2 saturated heterocycles. The Morgan fingerprint density at radius 3 is 2.41 bits per heavy atom. The molecule has 3 N–H and O–H groups in total. The number of hydrogen-bond acceptors (Lipinski definition) is 5. The minimum Gasteiger partial charge on any atom is -0.340 e. The summed E-state index contributed by atoms with van der Waals surface area (Å²) in [5.41, 5.74) is 7.87. The number of nitrogens with two attached hydrogens (primary N) is 1. The van der Waals surface area contributed by atoms with Gasteiger partial charge >= 0.3 is 0 Å². The highest BCUT2D eigenvalue weighted by Crippen LogP contribution is 2.33. The van der Waals surface area contributed by atoms with Crippen LogP contribution < -0.4 is 11.1 Å². The van der Waals surface area contributed by atoms with Gasteiger partial charge in [0.2, 0.25) is 11.8 Å². The average molecular weight is 505 g/mol. The van der Waals surface area contributed by atoms with Crippen molar-refractivity contribution in [1.82, 2.24) is 15.1 Å². The van der Waals surface area contributed by atoms with E-state index < -0.39 is 12.1 Å². The minimum atomic E-state index is -0.770. The van der Waals surface area contributed by atoms with Crippen molar-refractivity contribution >= 4 is 23.5 Å². The molecule has 3 amide bonds. The Kier molecular flexibility index (Phi) is 8.07. The molecule has 0 unspecified atom stereocenters. The normalized spacial score (nSPS) is 20.6. The Bertz CT molecular complexity index is 1170. The molecular weight excluding hydrogens is 468 g/mol. The number of amides is 3. The number of likely N-dealkylation sites (tertiary alicyclic amines) is 2. The largest absolute Gasteiger partial charge is 0.340 e. The number of hydrogen-bond donors (Lipinski definition) is 2. The SMILES string of the molecule is CC(C)C[C@H](NC(=O)c1cccc(CN)c1)C(=O)N1CC[C@@H]2[C@H]1C(=O)CN2C(=O)[C@H](C)c1ccccc1. The maximum atomic E-state index is 13.7. The third kappa shape index (κ3) is 5.59. The standard InChI is InChI=1S/C29H36N4O4/c1-18(2)14-23(31-27(35)22-11-7-8-20(15-22)16-30)29(37)32-13-12-24-26(32)25(34)17-33(24)28(36)19(3)21-9-5-4-6-10-21/h4-11,15,18-19,23-24,26H,12-14,16-17,30H2,1-3H3,(H,31,35)/t19-,23+,24-,26+/m1/s1. The molecule has 0 radical (unpaired) electrons. The molecule has 2 aliphatic heterocycles. The number of nitrogens with one attached hydrogen (secondary N) is 1. The van der Waals surface area contributed by atoms with E-state index in [-0.39, 0.29) is 47.9 Å². The van der Waals surface area contributed by atoms with Gasteiger partial charge in [-0.3, -0.25) is 19.2 Å². The molecule has 2 heterocycles. The van der Waals surface area contributed by atoms with Crippen molar-refractivity contribution in [2.75, 3.05) is 13.1 Å². The van der Waals surface area contributed by atoms with Gasteiger partial charge in [-0.05, 0) is 48.9 Å². The zero-order chi connectivity index (χ0) is 26.7. The minimum absolute atomic E-state index is 0.00219. The molecule has 196 valence electrons. The van der Waals surface area contributed by atoms with Gasteiger partial charge in [0.15, 0.2) is 5.78 Å². The second-order valence-electron chi connectivity index (χ2n) is 10.5. The van der Waals surface area contributed by atoms with Crippen molar-refractivity contribution in [3.05, 3.63) is 71.3 Å². The molecule has 4 rings (SSSR count). The van der Waals surface area contributed by atoms with E-state index in [1.807, 2.05) is 57.2 Å². The monoisotopic (exact) mass is 504 g/mol. The Hall–Kier alpha value is -3.52. The van der Waals surface area contributed by atoms with Gasteiger partial charge in [0.1, 0.15) is 12.1 Å². The van der Waals surface area contributed by atoms with Crippen molar-refractivity contribution < 1.29 is 19.2 Å². The van der Waals surface area contributed by atoms with Gasteiger partial charge in [-0.1, -0.05) is 56.3 Å². The lowest BCUT2D eigenvalue weighted by molar-refractivity contribution is -0.138. The van der Waals surface area contributed by atoms with E-state index in [4.69, 9.17) is 5.73 Å². The van der Waals surface area contributed by atoms with Crippen LogP contribution in [0.1, 0.15) is 61.0 Å². The summed E-state index contributed by atoms with van der Waals surface area (Å²) in [6, 6.07) is 14.7. The molecular formula is C29H36N4O4. The predicted molar refractivity (Wildman–Crippen MR) is 141 cm³/mol. The molecule has 2 aromatic rings. The second kappa shape index (κ2) is 11.3. The Labute approximate surface area is 218 Å². The number of nitrogens with zero attached hydrogens (tertiary/aromatic N) is 2. The number of carbonyl (C=O) groups excluding carboxylic acids is 4. The first-order valence-corrected chi connectivity index (χ1v) is 13.0. The van der Waals surface area contributed by atoms with Crippen LogP contribution in [-0.2, 0) is 20.9 Å². The van der Waals surface area contributed by atoms with Crippen LogP contribution >= 0.6 is 0 Å². The molecule has 4 atom stereocenters. The second-order valence-corrected chi connectivity index (χ2v) is 10.5. The summed E-state index contributed by atoms with van der Waals surface area (Å²) in [7, 11) is 0. The van der Waals surface area contributed by atoms with Gasteiger partial charge in [-0.25, -0.2) is 0 Å². The highest BCUT2D eigenvalue weighted by molar-refractivity contribution is 6.01. The first-order valence-electron chi connectivity index (χ1n) is 13.0. The number of rotatable bonds is 8. The van der Waals surface area contributed by atoms with Crippen LogP contribution in [0.3, 0.4) is 0 Å². The van der Waals surface area contributed by atoms with Gasteiger partial charge in [-0.2, -0.15) is 0 Å². The van der Waals surface area contributed by atoms with Crippen LogP contribution in [0.25, 0.3) is 0 Å². The maximum absolute atomic E-state index is 13.7. The van der Waals surface area contributed by atoms with Crippen LogP contribution in [0.5, 0.6) is 0 Å². The molecule has 2 fully saturated rings. The van der Waals surface area contributed by atoms with Gasteiger partial charge in [0.05, 0.1) is 18.5 Å². The molecule has 37 heavy (non-hydrogen) atoms. The highest BCUT2D eigenvalue weighted by Gasteiger charge is 2.52. The molecule has 8 heteroatoms. The zero-order valence-corrected chi connectivity index (χ0v) is 21.7. The molecule has 0 saturated carbocycles. The van der Waals surface area contributed by atoms with E-state index in [9.17, 15) is 19.2 Å². The molecule has 2 aliphatic rings. The fraction of sp³-hybridized carbons (Fsp3) is 0.448. The van der Waals surface area contributed by atoms with Crippen LogP contribution in [0, 0.1) is 5.92 Å². The molecule has 2 aromatic carbocycles. The Morgan fingerprint density at radius 1 is 1.00 bits per heavy atom. The van der Waals surface area contributed by atoms with E-state index in [1.165, 1.54) is 0 Å². The van der Waals surface area contributed by atoms with E-state index in [2.05, 4.69) is 5.32 Å². The maximum Gasteiger partial charge on any atom is 0.251 e. The quantitative estimate of drug-likeness (QED) is 0.574.